The van der Waals surface area contributed by atoms with Crippen molar-refractivity contribution in [2.24, 2.45) is 0 Å². The third kappa shape index (κ3) is 2.39. The number of hydrogen-bond acceptors (Lipinski definition) is 4. The van der Waals surface area contributed by atoms with Crippen molar-refractivity contribution in [2.45, 2.75) is 25.4 Å². The van der Waals surface area contributed by atoms with Gasteiger partial charge in [-0.25, -0.2) is 4.79 Å². The zero-order chi connectivity index (χ0) is 12.3. The maximum Gasteiger partial charge on any atom is 0.337 e. The van der Waals surface area contributed by atoms with Crippen LogP contribution in [0.25, 0.3) is 0 Å². The molecule has 1 aromatic rings. The van der Waals surface area contributed by atoms with Gasteiger partial charge >= 0.3 is 5.97 Å². The quantitative estimate of drug-likeness (QED) is 0.749. The Morgan fingerprint density at radius 1 is 1.47 bits per heavy atom. The molecule has 0 aromatic heterocycles. The van der Waals surface area contributed by atoms with Crippen LogP contribution < -0.4 is 4.74 Å². The molecular formula is C13H13NO3. The number of nitriles is 1. The van der Waals surface area contributed by atoms with Crippen LogP contribution in [0.3, 0.4) is 0 Å². The molecule has 0 atom stereocenters. The van der Waals surface area contributed by atoms with Gasteiger partial charge in [0.2, 0.25) is 0 Å². The van der Waals surface area contributed by atoms with Crippen LogP contribution in [-0.4, -0.2) is 19.2 Å². The van der Waals surface area contributed by atoms with Crippen LogP contribution in [0.5, 0.6) is 5.75 Å². The average Bonchev–Trinajstić information content (AvgIpc) is 2.32. The van der Waals surface area contributed by atoms with Crippen molar-refractivity contribution in [1.29, 1.82) is 5.26 Å². The second kappa shape index (κ2) is 4.88. The summed E-state index contributed by atoms with van der Waals surface area (Å²) in [5, 5.41) is 8.96. The fourth-order valence-corrected chi connectivity index (χ4v) is 1.63. The SMILES string of the molecule is COC(=O)c1ccc(C#N)c(OC2CCC2)c1. The summed E-state index contributed by atoms with van der Waals surface area (Å²) in [5.74, 6) is 0.0491. The molecule has 2 rings (SSSR count). The Bertz CT molecular complexity index is 472. The molecule has 88 valence electrons. The number of esters is 1. The first-order valence-electron chi connectivity index (χ1n) is 5.53. The Labute approximate surface area is 99.8 Å². The number of carbonyl (C=O) groups excluding carboxylic acids is 1. The van der Waals surface area contributed by atoms with Gasteiger partial charge in [-0.2, -0.15) is 5.26 Å². The number of benzene rings is 1. The predicted molar refractivity (Wildman–Crippen MR) is 60.8 cm³/mol. The van der Waals surface area contributed by atoms with Gasteiger partial charge in [-0.05, 0) is 37.5 Å². The molecular weight excluding hydrogens is 218 g/mol. The molecule has 1 aliphatic carbocycles. The molecule has 0 spiro atoms. The summed E-state index contributed by atoms with van der Waals surface area (Å²) < 4.78 is 10.3. The van der Waals surface area contributed by atoms with Crippen molar-refractivity contribution in [1.82, 2.24) is 0 Å². The molecule has 0 unspecified atom stereocenters. The molecule has 1 saturated carbocycles. The van der Waals surface area contributed by atoms with E-state index >= 15 is 0 Å². The Hall–Kier alpha value is -2.02. The van der Waals surface area contributed by atoms with E-state index in [9.17, 15) is 4.79 Å². The van der Waals surface area contributed by atoms with E-state index in [1.807, 2.05) is 0 Å². The van der Waals surface area contributed by atoms with Crippen LogP contribution in [0.1, 0.15) is 35.2 Å². The molecule has 1 aliphatic rings. The van der Waals surface area contributed by atoms with E-state index in [0.29, 0.717) is 16.9 Å². The molecule has 1 fully saturated rings. The van der Waals surface area contributed by atoms with Crippen molar-refractivity contribution in [3.63, 3.8) is 0 Å². The van der Waals surface area contributed by atoms with Crippen molar-refractivity contribution >= 4 is 5.97 Å². The van der Waals surface area contributed by atoms with Gasteiger partial charge < -0.3 is 9.47 Å². The molecule has 4 nitrogen and oxygen atoms in total. The lowest BCUT2D eigenvalue weighted by Gasteiger charge is -2.26. The summed E-state index contributed by atoms with van der Waals surface area (Å²) in [7, 11) is 1.33. The monoisotopic (exact) mass is 231 g/mol. The second-order valence-corrected chi connectivity index (χ2v) is 3.99. The lowest BCUT2D eigenvalue weighted by Crippen LogP contribution is -2.25. The van der Waals surface area contributed by atoms with Crippen molar-refractivity contribution in [2.75, 3.05) is 7.11 Å². The first-order valence-corrected chi connectivity index (χ1v) is 5.53. The van der Waals surface area contributed by atoms with Crippen LogP contribution in [0.2, 0.25) is 0 Å². The number of nitrogens with zero attached hydrogens (tertiary/aromatic N) is 1. The summed E-state index contributed by atoms with van der Waals surface area (Å²) in [5.41, 5.74) is 0.852. The first-order chi connectivity index (χ1) is 8.24. The highest BCUT2D eigenvalue weighted by molar-refractivity contribution is 5.90. The summed E-state index contributed by atoms with van der Waals surface area (Å²) >= 11 is 0. The fourth-order valence-electron chi connectivity index (χ4n) is 1.63. The van der Waals surface area contributed by atoms with Crippen LogP contribution in [0.15, 0.2) is 18.2 Å². The summed E-state index contributed by atoms with van der Waals surface area (Å²) in [6.45, 7) is 0. The molecule has 0 N–H and O–H groups in total. The fraction of sp³-hybridized carbons (Fsp3) is 0.385. The summed E-state index contributed by atoms with van der Waals surface area (Å²) in [6, 6.07) is 6.78. The largest absolute Gasteiger partial charge is 0.489 e. The van der Waals surface area contributed by atoms with Gasteiger partial charge in [0.25, 0.3) is 0 Å². The third-order valence-electron chi connectivity index (χ3n) is 2.87. The number of rotatable bonds is 3. The Morgan fingerprint density at radius 3 is 2.76 bits per heavy atom. The average molecular weight is 231 g/mol. The maximum absolute atomic E-state index is 11.4. The van der Waals surface area contributed by atoms with Crippen LogP contribution in [0.4, 0.5) is 0 Å². The van der Waals surface area contributed by atoms with Gasteiger partial charge in [-0.3, -0.25) is 0 Å². The van der Waals surface area contributed by atoms with Gasteiger partial charge in [-0.1, -0.05) is 0 Å². The lowest BCUT2D eigenvalue weighted by molar-refractivity contribution is 0.0599. The standard InChI is InChI=1S/C13H13NO3/c1-16-13(15)9-5-6-10(8-14)12(7-9)17-11-3-2-4-11/h5-7,11H,2-4H2,1H3. The molecule has 0 bridgehead atoms. The van der Waals surface area contributed by atoms with Crippen molar-refractivity contribution in [3.8, 4) is 11.8 Å². The first kappa shape index (κ1) is 11.5. The number of hydrogen-bond donors (Lipinski definition) is 0. The predicted octanol–water partition coefficient (Wildman–Crippen LogP) is 2.28. The minimum Gasteiger partial charge on any atom is -0.489 e. The van der Waals surface area contributed by atoms with E-state index < -0.39 is 5.97 Å². The molecule has 1 aromatic carbocycles. The molecule has 4 heteroatoms. The number of methoxy groups -OCH3 is 1. The van der Waals surface area contributed by atoms with Gasteiger partial charge in [0.05, 0.1) is 24.3 Å². The van der Waals surface area contributed by atoms with Gasteiger partial charge in [0.1, 0.15) is 11.8 Å². The van der Waals surface area contributed by atoms with E-state index in [2.05, 4.69) is 10.8 Å². The minimum absolute atomic E-state index is 0.176. The van der Waals surface area contributed by atoms with Crippen molar-refractivity contribution < 1.29 is 14.3 Å². The molecule has 0 saturated heterocycles. The van der Waals surface area contributed by atoms with E-state index in [4.69, 9.17) is 10.00 Å². The van der Waals surface area contributed by atoms with Crippen molar-refractivity contribution in [3.05, 3.63) is 29.3 Å². The zero-order valence-electron chi connectivity index (χ0n) is 9.60. The maximum atomic E-state index is 11.4. The summed E-state index contributed by atoms with van der Waals surface area (Å²) in [4.78, 5) is 11.4. The molecule has 17 heavy (non-hydrogen) atoms. The van der Waals surface area contributed by atoms with Crippen LogP contribution in [0, 0.1) is 11.3 Å². The van der Waals surface area contributed by atoms with Gasteiger partial charge in [0, 0.05) is 0 Å². The van der Waals surface area contributed by atoms with Gasteiger partial charge in [0.15, 0.2) is 0 Å². The van der Waals surface area contributed by atoms with E-state index in [1.165, 1.54) is 7.11 Å². The highest BCUT2D eigenvalue weighted by Gasteiger charge is 2.21. The molecule has 0 radical (unpaired) electrons. The summed E-state index contributed by atoms with van der Waals surface area (Å²) in [6.07, 6.45) is 3.35. The molecule has 0 aliphatic heterocycles. The topological polar surface area (TPSA) is 59.3 Å². The highest BCUT2D eigenvalue weighted by atomic mass is 16.5. The Morgan fingerprint density at radius 2 is 2.24 bits per heavy atom. The van der Waals surface area contributed by atoms with Gasteiger partial charge in [-0.15, -0.1) is 0 Å². The Balaban J connectivity index is 2.26. The third-order valence-corrected chi connectivity index (χ3v) is 2.87. The minimum atomic E-state index is -0.423. The molecule has 0 amide bonds. The van der Waals surface area contributed by atoms with E-state index in [-0.39, 0.29) is 6.10 Å². The zero-order valence-corrected chi connectivity index (χ0v) is 9.60. The molecule has 0 heterocycles. The highest BCUT2D eigenvalue weighted by Crippen LogP contribution is 2.28. The smallest absolute Gasteiger partial charge is 0.337 e. The number of ether oxygens (including phenoxy) is 2. The number of carbonyl (C=O) groups is 1. The Kier molecular flexibility index (Phi) is 3.29. The lowest BCUT2D eigenvalue weighted by atomic mass is 9.96. The second-order valence-electron chi connectivity index (χ2n) is 3.99. The van der Waals surface area contributed by atoms with Crippen LogP contribution in [-0.2, 0) is 4.74 Å². The van der Waals surface area contributed by atoms with E-state index in [1.54, 1.807) is 18.2 Å². The van der Waals surface area contributed by atoms with E-state index in [0.717, 1.165) is 19.3 Å². The normalized spacial score (nSPS) is 14.6. The van der Waals surface area contributed by atoms with Crippen LogP contribution >= 0.6 is 0 Å².